The molecule has 0 atom stereocenters. The van der Waals surface area contributed by atoms with Crippen LogP contribution in [0.1, 0.15) is 72.9 Å². The summed E-state index contributed by atoms with van der Waals surface area (Å²) in [4.78, 5) is 12.6. The van der Waals surface area contributed by atoms with Crippen LogP contribution >= 0.6 is 0 Å². The number of carbonyl (C=O) groups is 1. The molecule has 1 heterocycles. The predicted octanol–water partition coefficient (Wildman–Crippen LogP) is 5.43. The third kappa shape index (κ3) is 4.04. The van der Waals surface area contributed by atoms with Gasteiger partial charge in [-0.25, -0.2) is 4.79 Å². The minimum atomic E-state index is -0.249. The SMILES string of the molecule is CC/C=C\c1c(C(=O)OC)c(C(C)C)n(Cc2ccccc2)c1CC. The van der Waals surface area contributed by atoms with Crippen LogP contribution in [0.4, 0.5) is 0 Å². The molecule has 0 amide bonds. The van der Waals surface area contributed by atoms with Gasteiger partial charge in [0, 0.05) is 23.5 Å². The number of aromatic nitrogens is 1. The molecule has 0 saturated carbocycles. The molecule has 0 fully saturated rings. The predicted molar refractivity (Wildman–Crippen MR) is 104 cm³/mol. The van der Waals surface area contributed by atoms with E-state index in [0.29, 0.717) is 0 Å². The van der Waals surface area contributed by atoms with E-state index < -0.39 is 0 Å². The molecule has 134 valence electrons. The number of allylic oxidation sites excluding steroid dienone is 1. The molecule has 0 bridgehead atoms. The van der Waals surface area contributed by atoms with Crippen molar-refractivity contribution in [3.05, 3.63) is 64.5 Å². The molecule has 0 unspecified atom stereocenters. The van der Waals surface area contributed by atoms with E-state index in [1.807, 2.05) is 6.07 Å². The monoisotopic (exact) mass is 339 g/mol. The van der Waals surface area contributed by atoms with Crippen LogP contribution in [0.5, 0.6) is 0 Å². The molecule has 0 aliphatic rings. The molecule has 0 radical (unpaired) electrons. The molecule has 0 saturated heterocycles. The number of nitrogens with zero attached hydrogens (tertiary/aromatic N) is 1. The van der Waals surface area contributed by atoms with Gasteiger partial charge in [-0.1, -0.05) is 70.2 Å². The summed E-state index contributed by atoms with van der Waals surface area (Å²) >= 11 is 0. The van der Waals surface area contributed by atoms with Gasteiger partial charge in [0.2, 0.25) is 0 Å². The number of rotatable bonds is 7. The minimum Gasteiger partial charge on any atom is -0.465 e. The van der Waals surface area contributed by atoms with Crippen LogP contribution < -0.4 is 0 Å². The van der Waals surface area contributed by atoms with Crippen molar-refractivity contribution in [3.8, 4) is 0 Å². The summed E-state index contributed by atoms with van der Waals surface area (Å²) in [6.45, 7) is 9.28. The quantitative estimate of drug-likeness (QED) is 0.630. The average Bonchev–Trinajstić information content (AvgIpc) is 2.93. The van der Waals surface area contributed by atoms with Gasteiger partial charge >= 0.3 is 5.97 Å². The largest absolute Gasteiger partial charge is 0.465 e. The lowest BCUT2D eigenvalue weighted by Crippen LogP contribution is -2.12. The Morgan fingerprint density at radius 3 is 2.40 bits per heavy atom. The van der Waals surface area contributed by atoms with E-state index in [1.54, 1.807) is 0 Å². The molecular weight excluding hydrogens is 310 g/mol. The molecule has 0 spiro atoms. The van der Waals surface area contributed by atoms with Gasteiger partial charge in [-0.3, -0.25) is 0 Å². The van der Waals surface area contributed by atoms with Crippen molar-refractivity contribution in [2.45, 2.75) is 53.0 Å². The Morgan fingerprint density at radius 2 is 1.88 bits per heavy atom. The first-order valence-corrected chi connectivity index (χ1v) is 9.09. The van der Waals surface area contributed by atoms with Crippen molar-refractivity contribution in [3.63, 3.8) is 0 Å². The van der Waals surface area contributed by atoms with Crippen molar-refractivity contribution in [2.24, 2.45) is 0 Å². The normalized spacial score (nSPS) is 11.4. The van der Waals surface area contributed by atoms with E-state index in [9.17, 15) is 4.79 Å². The van der Waals surface area contributed by atoms with Gasteiger partial charge in [-0.05, 0) is 24.3 Å². The van der Waals surface area contributed by atoms with Crippen molar-refractivity contribution in [1.82, 2.24) is 4.57 Å². The van der Waals surface area contributed by atoms with Crippen LogP contribution in [0, 0.1) is 0 Å². The van der Waals surface area contributed by atoms with Crippen molar-refractivity contribution >= 4 is 12.0 Å². The number of ether oxygens (including phenoxy) is 1. The first-order valence-electron chi connectivity index (χ1n) is 9.09. The second-order valence-electron chi connectivity index (χ2n) is 6.50. The second kappa shape index (κ2) is 8.70. The maximum atomic E-state index is 12.6. The zero-order valence-electron chi connectivity index (χ0n) is 16.0. The van der Waals surface area contributed by atoms with Gasteiger partial charge < -0.3 is 9.30 Å². The Balaban J connectivity index is 2.73. The molecule has 2 aromatic rings. The van der Waals surface area contributed by atoms with E-state index >= 15 is 0 Å². The fourth-order valence-electron chi connectivity index (χ4n) is 3.37. The van der Waals surface area contributed by atoms with Gasteiger partial charge in [0.15, 0.2) is 0 Å². The highest BCUT2D eigenvalue weighted by Gasteiger charge is 2.27. The van der Waals surface area contributed by atoms with Crippen molar-refractivity contribution < 1.29 is 9.53 Å². The maximum absolute atomic E-state index is 12.6. The molecule has 1 aromatic carbocycles. The third-order valence-electron chi connectivity index (χ3n) is 4.43. The van der Waals surface area contributed by atoms with Gasteiger partial charge in [-0.2, -0.15) is 0 Å². The minimum absolute atomic E-state index is 0.229. The van der Waals surface area contributed by atoms with E-state index in [0.717, 1.165) is 36.2 Å². The highest BCUT2D eigenvalue weighted by molar-refractivity contribution is 5.96. The van der Waals surface area contributed by atoms with Gasteiger partial charge in [-0.15, -0.1) is 0 Å². The Kier molecular flexibility index (Phi) is 6.63. The van der Waals surface area contributed by atoms with Crippen LogP contribution in [-0.4, -0.2) is 17.6 Å². The highest BCUT2D eigenvalue weighted by atomic mass is 16.5. The standard InChI is InChI=1S/C22H29NO2/c1-6-8-14-18-19(7-2)23(15-17-12-10-9-11-13-17)21(16(3)4)20(18)22(24)25-5/h8-14,16H,6-7,15H2,1-5H3/b14-8-. The highest BCUT2D eigenvalue weighted by Crippen LogP contribution is 2.32. The Hall–Kier alpha value is -2.29. The summed E-state index contributed by atoms with van der Waals surface area (Å²) in [5.74, 6) is -0.0205. The van der Waals surface area contributed by atoms with Gasteiger partial charge in [0.05, 0.1) is 12.7 Å². The smallest absolute Gasteiger partial charge is 0.340 e. The third-order valence-corrected chi connectivity index (χ3v) is 4.43. The lowest BCUT2D eigenvalue weighted by atomic mass is 10.0. The first kappa shape index (κ1) is 19.0. The molecule has 25 heavy (non-hydrogen) atoms. The Labute approximate surface area is 151 Å². The van der Waals surface area contributed by atoms with Crippen LogP contribution in [0.2, 0.25) is 0 Å². The number of esters is 1. The summed E-state index contributed by atoms with van der Waals surface area (Å²) in [6.07, 6.45) is 5.99. The van der Waals surface area contributed by atoms with E-state index in [1.165, 1.54) is 18.4 Å². The fraction of sp³-hybridized carbons (Fsp3) is 0.409. The molecule has 3 nitrogen and oxygen atoms in total. The van der Waals surface area contributed by atoms with Gasteiger partial charge in [0.25, 0.3) is 0 Å². The summed E-state index contributed by atoms with van der Waals surface area (Å²) < 4.78 is 7.43. The van der Waals surface area contributed by atoms with E-state index in [-0.39, 0.29) is 11.9 Å². The van der Waals surface area contributed by atoms with Crippen LogP contribution in [0.15, 0.2) is 36.4 Å². The summed E-state index contributed by atoms with van der Waals surface area (Å²) in [7, 11) is 1.46. The fourth-order valence-corrected chi connectivity index (χ4v) is 3.37. The number of carbonyl (C=O) groups excluding carboxylic acids is 1. The Bertz CT molecular complexity index is 739. The Morgan fingerprint density at radius 1 is 1.20 bits per heavy atom. The molecule has 2 rings (SSSR count). The van der Waals surface area contributed by atoms with Crippen molar-refractivity contribution in [2.75, 3.05) is 7.11 Å². The van der Waals surface area contributed by atoms with Crippen molar-refractivity contribution in [1.29, 1.82) is 0 Å². The molecule has 1 aromatic heterocycles. The summed E-state index contributed by atoms with van der Waals surface area (Å²) in [5, 5.41) is 0. The molecular formula is C22H29NO2. The zero-order valence-corrected chi connectivity index (χ0v) is 16.0. The number of methoxy groups -OCH3 is 1. The average molecular weight is 339 g/mol. The first-order chi connectivity index (χ1) is 12.0. The molecule has 0 aliphatic carbocycles. The van der Waals surface area contributed by atoms with Crippen LogP contribution in [-0.2, 0) is 17.7 Å². The number of benzene rings is 1. The maximum Gasteiger partial charge on any atom is 0.340 e. The molecule has 0 aliphatic heterocycles. The lowest BCUT2D eigenvalue weighted by molar-refractivity contribution is 0.0598. The number of hydrogen-bond acceptors (Lipinski definition) is 2. The molecule has 3 heteroatoms. The van der Waals surface area contributed by atoms with E-state index in [2.05, 4.69) is 68.7 Å². The molecule has 0 N–H and O–H groups in total. The van der Waals surface area contributed by atoms with E-state index in [4.69, 9.17) is 4.74 Å². The second-order valence-corrected chi connectivity index (χ2v) is 6.50. The summed E-state index contributed by atoms with van der Waals surface area (Å²) in [6, 6.07) is 10.4. The number of hydrogen-bond donors (Lipinski definition) is 0. The summed E-state index contributed by atoms with van der Waals surface area (Å²) in [5.41, 5.74) is 5.21. The van der Waals surface area contributed by atoms with Crippen LogP contribution in [0.25, 0.3) is 6.08 Å². The van der Waals surface area contributed by atoms with Gasteiger partial charge in [0.1, 0.15) is 0 Å². The topological polar surface area (TPSA) is 31.2 Å². The lowest BCUT2D eigenvalue weighted by Gasteiger charge is -2.16. The zero-order chi connectivity index (χ0) is 18.4. The van der Waals surface area contributed by atoms with Crippen LogP contribution in [0.3, 0.4) is 0 Å².